The van der Waals surface area contributed by atoms with Crippen LogP contribution in [0, 0.1) is 11.8 Å². The van der Waals surface area contributed by atoms with Gasteiger partial charge < -0.3 is 4.79 Å². The Morgan fingerprint density at radius 3 is 1.50 bits per heavy atom. The molecule has 0 N–H and O–H groups in total. The van der Waals surface area contributed by atoms with Crippen LogP contribution in [-0.4, -0.2) is 6.79 Å². The summed E-state index contributed by atoms with van der Waals surface area (Å²) in [6.07, 6.45) is 0. The van der Waals surface area contributed by atoms with Crippen LogP contribution in [0.25, 0.3) is 0 Å². The molecule has 0 bridgehead atoms. The van der Waals surface area contributed by atoms with E-state index in [1.807, 2.05) is 20.6 Å². The van der Waals surface area contributed by atoms with Gasteiger partial charge in [0.2, 0.25) is 0 Å². The molecule has 0 aromatic carbocycles. The highest BCUT2D eigenvalue weighted by molar-refractivity contribution is 5.10. The standard InChI is InChI=1S/C2H6.CHN.CH2O.H2/c3*1-2;/h1-2H3;1H;1H2;1H/i;;;1+2. The first-order valence-corrected chi connectivity index (χ1v) is 1.55. The van der Waals surface area contributed by atoms with Crippen molar-refractivity contribution in [2.45, 2.75) is 13.8 Å². The Morgan fingerprint density at radius 1 is 1.50 bits per heavy atom. The largest absolute Gasteiger partial charge is 0.307 e. The minimum Gasteiger partial charge on any atom is -0.307 e. The van der Waals surface area contributed by atoms with Gasteiger partial charge in [-0.3, -0.25) is 0 Å². The summed E-state index contributed by atoms with van der Waals surface area (Å²) in [5, 5.41) is 6.50. The van der Waals surface area contributed by atoms with E-state index < -0.39 is 0 Å². The molecule has 0 atom stereocenters. The third kappa shape index (κ3) is 20.9. The Kier molecular flexibility index (Phi) is 188. The van der Waals surface area contributed by atoms with Crippen LogP contribution in [0.2, 0.25) is 0 Å². The lowest BCUT2D eigenvalue weighted by Gasteiger charge is -1.07. The molecule has 0 heterocycles. The molecule has 0 saturated heterocycles. The Hall–Kier alpha value is -0.840. The van der Waals surface area contributed by atoms with E-state index in [1.165, 1.54) is 0 Å². The topological polar surface area (TPSA) is 40.9 Å². The van der Waals surface area contributed by atoms with E-state index in [0.29, 0.717) is 0 Å². The molecule has 0 unspecified atom stereocenters. The van der Waals surface area contributed by atoms with Crippen molar-refractivity contribution in [2.24, 2.45) is 0 Å². The van der Waals surface area contributed by atoms with Crippen molar-refractivity contribution in [1.82, 2.24) is 0 Å². The molecular formula is C4H11NO. The Bertz CT molecular complexity index is 22.9. The summed E-state index contributed by atoms with van der Waals surface area (Å²) in [4.78, 5) is 8.00. The average Bonchev–Trinajstić information content (AvgIpc) is 1.81. The maximum Gasteiger partial charge on any atom is 0.106 e. The molecule has 0 rings (SSSR count). The molecule has 0 fully saturated rings. The lowest BCUT2D eigenvalue weighted by molar-refractivity contribution is -0.0979. The van der Waals surface area contributed by atoms with Gasteiger partial charge in [0.15, 0.2) is 0 Å². The number of carbonyl (C=O) groups is 1. The average molecular weight is 91.1 g/mol. The van der Waals surface area contributed by atoms with E-state index in [0.717, 1.165) is 0 Å². The molecule has 2 heteroatoms. The molecule has 0 radical (unpaired) electrons. The van der Waals surface area contributed by atoms with E-state index in [4.69, 9.17) is 10.1 Å². The highest BCUT2D eigenvalue weighted by atomic mass is 16.1. The first-order chi connectivity index (χ1) is 3.00. The van der Waals surface area contributed by atoms with Crippen molar-refractivity contribution in [3.8, 4) is 6.57 Å². The summed E-state index contributed by atoms with van der Waals surface area (Å²) in [6, 6.07) is 0. The monoisotopic (exact) mass is 91.1 g/mol. The third-order valence-electron chi connectivity index (χ3n) is 0. The van der Waals surface area contributed by atoms with Crippen molar-refractivity contribution < 1.29 is 6.22 Å². The molecule has 0 saturated carbocycles. The number of rotatable bonds is 0. The minimum atomic E-state index is 0. The van der Waals surface area contributed by atoms with E-state index in [1.54, 1.807) is 0 Å². The second-order valence-corrected chi connectivity index (χ2v) is 0. The molecule has 0 aliphatic heterocycles. The van der Waals surface area contributed by atoms with Crippen molar-refractivity contribution in [3.63, 3.8) is 0 Å². The van der Waals surface area contributed by atoms with Crippen molar-refractivity contribution in [3.05, 3.63) is 0 Å². The van der Waals surface area contributed by atoms with Crippen LogP contribution in [0.15, 0.2) is 0 Å². The van der Waals surface area contributed by atoms with Gasteiger partial charge in [-0.1, -0.05) is 13.8 Å². The molecule has 6 heavy (non-hydrogen) atoms. The summed E-state index contributed by atoms with van der Waals surface area (Å²) in [7, 11) is 0. The van der Waals surface area contributed by atoms with Gasteiger partial charge >= 0.3 is 0 Å². The summed E-state index contributed by atoms with van der Waals surface area (Å²) in [6.45, 7) is 9.50. The molecular weight excluding hydrogens is 78.0 g/mol. The molecule has 0 amide bonds. The minimum absolute atomic E-state index is 0. The Balaban J connectivity index is -0.00000000900. The van der Waals surface area contributed by atoms with Gasteiger partial charge in [0.1, 0.15) is 6.79 Å². The highest BCUT2D eigenvalue weighted by Gasteiger charge is 0.932. The fourth-order valence-corrected chi connectivity index (χ4v) is 0. The van der Waals surface area contributed by atoms with Crippen LogP contribution in [0.4, 0.5) is 0 Å². The van der Waals surface area contributed by atoms with Gasteiger partial charge in [-0.25, -0.2) is 5.26 Å². The molecule has 2 nitrogen and oxygen atoms in total. The number of hydrogen-bond acceptors (Lipinski definition) is 2. The fraction of sp³-hybridized carbons (Fsp3) is 0.500. The number of nitriles is 1. The maximum atomic E-state index is 8.00. The van der Waals surface area contributed by atoms with Gasteiger partial charge in [-0.15, -0.1) is 0 Å². The second kappa shape index (κ2) is 58.9. The SMILES string of the molecule is C#N.C=O.CC.[3HH]. The first-order valence-electron chi connectivity index (χ1n) is 1.55. The molecule has 38 valence electrons. The molecule has 0 aromatic rings. The smallest absolute Gasteiger partial charge is 0.106 e. The number of carbonyl (C=O) groups excluding carboxylic acids is 1. The lowest BCUT2D eigenvalue weighted by Crippen LogP contribution is -0.925. The molecule has 0 aliphatic rings. The number of hydrogen-bond donors (Lipinski definition) is 0. The maximum absolute atomic E-state index is 8.00. The van der Waals surface area contributed by atoms with Gasteiger partial charge in [0.25, 0.3) is 0 Å². The van der Waals surface area contributed by atoms with E-state index in [9.17, 15) is 0 Å². The van der Waals surface area contributed by atoms with Gasteiger partial charge in [0.05, 0.1) is 0 Å². The van der Waals surface area contributed by atoms with Gasteiger partial charge in [-0.2, -0.15) is 0 Å². The normalized spacial score (nSPS) is 2.00. The predicted octanol–water partition coefficient (Wildman–Crippen LogP) is 1.23. The molecule has 0 aliphatic carbocycles. The van der Waals surface area contributed by atoms with Crippen LogP contribution in [0.1, 0.15) is 15.3 Å². The summed E-state index contributed by atoms with van der Waals surface area (Å²) < 4.78 is 0. The quantitative estimate of drug-likeness (QED) is 0.450. The van der Waals surface area contributed by atoms with E-state index in [-0.39, 0.29) is 1.43 Å². The zero-order valence-corrected chi connectivity index (χ0v) is 4.14. The lowest BCUT2D eigenvalue weighted by atomic mass is 11.0. The zero-order chi connectivity index (χ0) is 6.00. The van der Waals surface area contributed by atoms with Gasteiger partial charge in [-0.05, 0) is 0 Å². The van der Waals surface area contributed by atoms with Crippen LogP contribution < -0.4 is 0 Å². The van der Waals surface area contributed by atoms with Crippen LogP contribution in [0.5, 0.6) is 0 Å². The zero-order valence-electron chi connectivity index (χ0n) is 4.14. The Labute approximate surface area is 39.9 Å². The van der Waals surface area contributed by atoms with E-state index >= 15 is 0 Å². The Morgan fingerprint density at radius 2 is 1.50 bits per heavy atom. The third-order valence-corrected chi connectivity index (χ3v) is 0. The van der Waals surface area contributed by atoms with Crippen molar-refractivity contribution in [2.75, 3.05) is 0 Å². The van der Waals surface area contributed by atoms with E-state index in [2.05, 4.69) is 6.57 Å². The van der Waals surface area contributed by atoms with Crippen LogP contribution in [0.3, 0.4) is 0 Å². The predicted molar refractivity (Wildman–Crippen MR) is 27.3 cm³/mol. The van der Waals surface area contributed by atoms with Crippen LogP contribution >= 0.6 is 0 Å². The second-order valence-electron chi connectivity index (χ2n) is 0. The fourth-order valence-electron chi connectivity index (χ4n) is 0. The summed E-state index contributed by atoms with van der Waals surface area (Å²) in [5.74, 6) is 0. The first kappa shape index (κ1) is 19.1. The number of nitrogens with zero attached hydrogens (tertiary/aromatic N) is 1. The molecule has 0 aromatic heterocycles. The summed E-state index contributed by atoms with van der Waals surface area (Å²) >= 11 is 0. The van der Waals surface area contributed by atoms with Crippen molar-refractivity contribution >= 4 is 6.79 Å². The van der Waals surface area contributed by atoms with Crippen molar-refractivity contribution in [1.29, 1.82) is 5.26 Å². The van der Waals surface area contributed by atoms with Gasteiger partial charge in [0, 0.05) is 8.00 Å². The molecule has 0 spiro atoms. The summed E-state index contributed by atoms with van der Waals surface area (Å²) in [5.41, 5.74) is 0. The highest BCUT2D eigenvalue weighted by Crippen LogP contribution is 1.14. The van der Waals surface area contributed by atoms with Crippen LogP contribution in [-0.2, 0) is 4.79 Å².